The largest absolute Gasteiger partial charge is 0.381 e. The van der Waals surface area contributed by atoms with Gasteiger partial charge in [0, 0.05) is 45.4 Å². The fourth-order valence-corrected chi connectivity index (χ4v) is 3.54. The molecule has 3 rings (SSSR count). The van der Waals surface area contributed by atoms with E-state index in [4.69, 9.17) is 4.74 Å². The van der Waals surface area contributed by atoms with Crippen molar-refractivity contribution in [3.05, 3.63) is 35.4 Å². The number of hydrogen-bond acceptors (Lipinski definition) is 3. The van der Waals surface area contributed by atoms with Gasteiger partial charge >= 0.3 is 0 Å². The first-order valence-corrected chi connectivity index (χ1v) is 7.93. The number of ether oxygens (including phenoxy) is 1. The molecule has 0 bridgehead atoms. The van der Waals surface area contributed by atoms with E-state index in [2.05, 4.69) is 41.4 Å². The summed E-state index contributed by atoms with van der Waals surface area (Å²) in [4.78, 5) is 2.68. The summed E-state index contributed by atoms with van der Waals surface area (Å²) < 4.78 is 5.56. The summed E-state index contributed by atoms with van der Waals surface area (Å²) in [7, 11) is 0. The third-order valence-electron chi connectivity index (χ3n) is 4.68. The Morgan fingerprint density at radius 1 is 1.10 bits per heavy atom. The van der Waals surface area contributed by atoms with Crippen molar-refractivity contribution in [3.63, 3.8) is 0 Å². The van der Waals surface area contributed by atoms with E-state index in [0.717, 1.165) is 45.3 Å². The van der Waals surface area contributed by atoms with Crippen molar-refractivity contribution < 1.29 is 4.74 Å². The van der Waals surface area contributed by atoms with Gasteiger partial charge in [-0.1, -0.05) is 29.8 Å². The molecule has 3 nitrogen and oxygen atoms in total. The lowest BCUT2D eigenvalue weighted by Gasteiger charge is -2.41. The Hall–Kier alpha value is -0.900. The second kappa shape index (κ2) is 6.70. The summed E-state index contributed by atoms with van der Waals surface area (Å²) >= 11 is 0. The molecular weight excluding hydrogens is 248 g/mol. The minimum absolute atomic E-state index is 0.571. The Morgan fingerprint density at radius 3 is 2.40 bits per heavy atom. The van der Waals surface area contributed by atoms with Gasteiger partial charge in [-0.05, 0) is 31.2 Å². The molecule has 2 aliphatic heterocycles. The lowest BCUT2D eigenvalue weighted by molar-refractivity contribution is 0.0213. The van der Waals surface area contributed by atoms with Crippen LogP contribution in [0.15, 0.2) is 24.3 Å². The zero-order valence-corrected chi connectivity index (χ0v) is 12.5. The maximum absolute atomic E-state index is 5.56. The Labute approximate surface area is 122 Å². The molecule has 110 valence electrons. The second-order valence-electron chi connectivity index (χ2n) is 6.09. The van der Waals surface area contributed by atoms with E-state index in [1.165, 1.54) is 24.0 Å². The highest BCUT2D eigenvalue weighted by atomic mass is 16.5. The molecule has 0 unspecified atom stereocenters. The summed E-state index contributed by atoms with van der Waals surface area (Å²) in [5, 5.41) is 3.47. The van der Waals surface area contributed by atoms with Crippen LogP contribution in [0.2, 0.25) is 0 Å². The second-order valence-corrected chi connectivity index (χ2v) is 6.09. The first-order chi connectivity index (χ1) is 9.84. The Morgan fingerprint density at radius 2 is 1.75 bits per heavy atom. The molecule has 2 fully saturated rings. The van der Waals surface area contributed by atoms with Crippen molar-refractivity contribution in [3.8, 4) is 0 Å². The predicted octanol–water partition coefficient (Wildman–Crippen LogP) is 2.37. The third-order valence-corrected chi connectivity index (χ3v) is 4.68. The van der Waals surface area contributed by atoms with Gasteiger partial charge in [-0.15, -0.1) is 0 Å². The van der Waals surface area contributed by atoms with Crippen LogP contribution in [-0.4, -0.2) is 44.3 Å². The molecule has 0 aliphatic carbocycles. The van der Waals surface area contributed by atoms with Crippen molar-refractivity contribution in [1.29, 1.82) is 0 Å². The molecule has 0 spiro atoms. The molecule has 1 aromatic carbocycles. The van der Waals surface area contributed by atoms with Crippen LogP contribution in [0.3, 0.4) is 0 Å². The quantitative estimate of drug-likeness (QED) is 0.916. The summed E-state index contributed by atoms with van der Waals surface area (Å²) in [6.07, 6.45) is 2.39. The number of nitrogens with one attached hydrogen (secondary N) is 1. The molecule has 20 heavy (non-hydrogen) atoms. The summed E-state index contributed by atoms with van der Waals surface area (Å²) in [5.41, 5.74) is 2.84. The van der Waals surface area contributed by atoms with E-state index in [1.54, 1.807) is 0 Å². The summed E-state index contributed by atoms with van der Waals surface area (Å²) in [6, 6.07) is 9.74. The maximum atomic E-state index is 5.56. The van der Waals surface area contributed by atoms with Crippen molar-refractivity contribution in [2.75, 3.05) is 39.4 Å². The van der Waals surface area contributed by atoms with E-state index < -0.39 is 0 Å². The summed E-state index contributed by atoms with van der Waals surface area (Å²) in [6.45, 7) is 8.58. The molecule has 2 aliphatic rings. The monoisotopic (exact) mass is 274 g/mol. The van der Waals surface area contributed by atoms with Gasteiger partial charge in [-0.3, -0.25) is 4.90 Å². The molecular formula is C17H26N2O. The predicted molar refractivity (Wildman–Crippen MR) is 81.9 cm³/mol. The van der Waals surface area contributed by atoms with Crippen molar-refractivity contribution in [1.82, 2.24) is 10.2 Å². The molecule has 2 heterocycles. The van der Waals surface area contributed by atoms with Crippen LogP contribution in [0.25, 0.3) is 0 Å². The molecule has 3 heteroatoms. The molecule has 1 atom stereocenters. The Bertz CT molecular complexity index is 388. The van der Waals surface area contributed by atoms with Crippen LogP contribution in [0.5, 0.6) is 0 Å². The smallest absolute Gasteiger partial charge is 0.0469 e. The molecule has 0 radical (unpaired) electrons. The molecule has 1 aromatic rings. The third kappa shape index (κ3) is 3.22. The van der Waals surface area contributed by atoms with Crippen LogP contribution >= 0.6 is 0 Å². The molecule has 0 saturated carbocycles. The van der Waals surface area contributed by atoms with Gasteiger partial charge < -0.3 is 10.1 Å². The van der Waals surface area contributed by atoms with Crippen molar-refractivity contribution in [2.45, 2.75) is 25.8 Å². The fraction of sp³-hybridized carbons (Fsp3) is 0.647. The van der Waals surface area contributed by atoms with Gasteiger partial charge in [0.05, 0.1) is 0 Å². The zero-order chi connectivity index (χ0) is 13.8. The highest BCUT2D eigenvalue weighted by molar-refractivity contribution is 5.25. The molecule has 2 saturated heterocycles. The average Bonchev–Trinajstić information content (AvgIpc) is 2.52. The normalized spacial score (nSPS) is 23.6. The topological polar surface area (TPSA) is 24.5 Å². The van der Waals surface area contributed by atoms with E-state index >= 15 is 0 Å². The van der Waals surface area contributed by atoms with Crippen LogP contribution in [0.4, 0.5) is 0 Å². The van der Waals surface area contributed by atoms with Crippen LogP contribution in [0, 0.1) is 12.8 Å². The van der Waals surface area contributed by atoms with Crippen LogP contribution < -0.4 is 5.32 Å². The van der Waals surface area contributed by atoms with Crippen LogP contribution in [-0.2, 0) is 4.74 Å². The number of benzene rings is 1. The molecule has 1 N–H and O–H groups in total. The highest BCUT2D eigenvalue weighted by Crippen LogP contribution is 2.35. The SMILES string of the molecule is Cc1ccc([C@H](C2CCOCC2)N2CCNCC2)cc1. The van der Waals surface area contributed by atoms with Crippen LogP contribution in [0.1, 0.15) is 30.0 Å². The minimum atomic E-state index is 0.571. The number of nitrogens with zero attached hydrogens (tertiary/aromatic N) is 1. The maximum Gasteiger partial charge on any atom is 0.0469 e. The van der Waals surface area contributed by atoms with Gasteiger partial charge in [0.2, 0.25) is 0 Å². The van der Waals surface area contributed by atoms with Crippen molar-refractivity contribution >= 4 is 0 Å². The van der Waals surface area contributed by atoms with Gasteiger partial charge in [0.15, 0.2) is 0 Å². The van der Waals surface area contributed by atoms with Gasteiger partial charge in [0.1, 0.15) is 0 Å². The Kier molecular flexibility index (Phi) is 4.71. The van der Waals surface area contributed by atoms with E-state index in [0.29, 0.717) is 6.04 Å². The standard InChI is InChI=1S/C17H26N2O/c1-14-2-4-15(5-3-14)17(16-6-12-20-13-7-16)19-10-8-18-9-11-19/h2-5,16-18H,6-13H2,1H3/t17-/m1/s1. The highest BCUT2D eigenvalue weighted by Gasteiger charge is 2.30. The number of aryl methyl sites for hydroxylation is 1. The molecule has 0 amide bonds. The Balaban J connectivity index is 1.83. The lowest BCUT2D eigenvalue weighted by atomic mass is 9.85. The van der Waals surface area contributed by atoms with E-state index in [1.807, 2.05) is 0 Å². The lowest BCUT2D eigenvalue weighted by Crippen LogP contribution is -2.47. The fourth-order valence-electron chi connectivity index (χ4n) is 3.54. The summed E-state index contributed by atoms with van der Waals surface area (Å²) in [5.74, 6) is 0.740. The number of rotatable bonds is 3. The number of piperazine rings is 1. The molecule has 0 aromatic heterocycles. The number of hydrogen-bond donors (Lipinski definition) is 1. The van der Waals surface area contributed by atoms with E-state index in [-0.39, 0.29) is 0 Å². The van der Waals surface area contributed by atoms with Crippen molar-refractivity contribution in [2.24, 2.45) is 5.92 Å². The van der Waals surface area contributed by atoms with Gasteiger partial charge in [0.25, 0.3) is 0 Å². The first-order valence-electron chi connectivity index (χ1n) is 7.93. The minimum Gasteiger partial charge on any atom is -0.381 e. The van der Waals surface area contributed by atoms with Gasteiger partial charge in [-0.2, -0.15) is 0 Å². The zero-order valence-electron chi connectivity index (χ0n) is 12.5. The average molecular weight is 274 g/mol. The van der Waals surface area contributed by atoms with E-state index in [9.17, 15) is 0 Å². The van der Waals surface area contributed by atoms with Gasteiger partial charge in [-0.25, -0.2) is 0 Å². The first kappa shape index (κ1) is 14.1.